The van der Waals surface area contributed by atoms with Crippen LogP contribution in [0.2, 0.25) is 0 Å². The number of rotatable bonds is 5. The Morgan fingerprint density at radius 1 is 1.50 bits per heavy atom. The van der Waals surface area contributed by atoms with Gasteiger partial charge in [-0.25, -0.2) is 0 Å². The number of nitrogens with zero attached hydrogens (tertiary/aromatic N) is 1. The Kier molecular flexibility index (Phi) is 5.15. The molecule has 4 nitrogen and oxygen atoms in total. The van der Waals surface area contributed by atoms with Crippen LogP contribution in [0.1, 0.15) is 25.8 Å². The fourth-order valence-corrected chi connectivity index (χ4v) is 2.64. The molecule has 0 aromatic heterocycles. The molecule has 1 aliphatic rings. The van der Waals surface area contributed by atoms with Crippen molar-refractivity contribution in [2.45, 2.75) is 32.9 Å². The van der Waals surface area contributed by atoms with Crippen LogP contribution < -0.4 is 5.32 Å². The standard InChI is InChI=1S/C16H24N2O2/c1-4-20-11-13-6-5-7-14(10-13)17-16(19)15-8-9-18(3)12(15)2/h5-7,10,12,15H,4,8-9,11H2,1-3H3,(H,17,19)/t12-,15+/m0/s1. The molecule has 1 amide bonds. The van der Waals surface area contributed by atoms with Gasteiger partial charge >= 0.3 is 0 Å². The van der Waals surface area contributed by atoms with Crippen LogP contribution in [0, 0.1) is 5.92 Å². The average Bonchev–Trinajstić information content (AvgIpc) is 2.77. The molecule has 0 unspecified atom stereocenters. The maximum atomic E-state index is 12.3. The largest absolute Gasteiger partial charge is 0.377 e. The van der Waals surface area contributed by atoms with E-state index in [0.29, 0.717) is 19.3 Å². The Labute approximate surface area is 121 Å². The summed E-state index contributed by atoms with van der Waals surface area (Å²) in [7, 11) is 2.07. The topological polar surface area (TPSA) is 41.6 Å². The Bertz CT molecular complexity index is 462. The smallest absolute Gasteiger partial charge is 0.229 e. The summed E-state index contributed by atoms with van der Waals surface area (Å²) in [5.41, 5.74) is 1.94. The van der Waals surface area contributed by atoms with E-state index < -0.39 is 0 Å². The van der Waals surface area contributed by atoms with Gasteiger partial charge in [0, 0.05) is 18.3 Å². The van der Waals surface area contributed by atoms with Crippen molar-refractivity contribution in [2.24, 2.45) is 5.92 Å². The molecule has 0 spiro atoms. The quantitative estimate of drug-likeness (QED) is 0.898. The molecule has 1 fully saturated rings. The predicted octanol–water partition coefficient (Wildman–Crippen LogP) is 2.50. The highest BCUT2D eigenvalue weighted by atomic mass is 16.5. The van der Waals surface area contributed by atoms with Crippen LogP contribution in [0.3, 0.4) is 0 Å². The lowest BCUT2D eigenvalue weighted by molar-refractivity contribution is -0.120. The number of amides is 1. The van der Waals surface area contributed by atoms with Crippen molar-refractivity contribution in [3.05, 3.63) is 29.8 Å². The maximum Gasteiger partial charge on any atom is 0.229 e. The van der Waals surface area contributed by atoms with Gasteiger partial charge in [0.25, 0.3) is 0 Å². The molecular weight excluding hydrogens is 252 g/mol. The summed E-state index contributed by atoms with van der Waals surface area (Å²) in [5, 5.41) is 3.03. The number of likely N-dealkylation sites (tertiary alicyclic amines) is 1. The Balaban J connectivity index is 1.97. The van der Waals surface area contributed by atoms with E-state index in [-0.39, 0.29) is 11.8 Å². The zero-order valence-electron chi connectivity index (χ0n) is 12.6. The monoisotopic (exact) mass is 276 g/mol. The molecule has 2 atom stereocenters. The minimum absolute atomic E-state index is 0.0792. The highest BCUT2D eigenvalue weighted by Gasteiger charge is 2.33. The molecule has 2 rings (SSSR count). The number of anilines is 1. The van der Waals surface area contributed by atoms with Gasteiger partial charge in [0.05, 0.1) is 12.5 Å². The number of carbonyl (C=O) groups excluding carboxylic acids is 1. The maximum absolute atomic E-state index is 12.3. The molecule has 0 saturated carbocycles. The molecule has 1 N–H and O–H groups in total. The third-order valence-electron chi connectivity index (χ3n) is 4.07. The van der Waals surface area contributed by atoms with E-state index in [9.17, 15) is 4.79 Å². The number of carbonyl (C=O) groups is 1. The van der Waals surface area contributed by atoms with Crippen LogP contribution in [0.25, 0.3) is 0 Å². The van der Waals surface area contributed by atoms with E-state index in [1.165, 1.54) is 0 Å². The Hall–Kier alpha value is -1.39. The molecular formula is C16H24N2O2. The van der Waals surface area contributed by atoms with E-state index in [2.05, 4.69) is 24.2 Å². The van der Waals surface area contributed by atoms with Gasteiger partial charge in [-0.3, -0.25) is 4.79 Å². The van der Waals surface area contributed by atoms with Crippen LogP contribution in [-0.2, 0) is 16.1 Å². The second-order valence-electron chi connectivity index (χ2n) is 5.44. The Morgan fingerprint density at radius 2 is 2.30 bits per heavy atom. The molecule has 1 aromatic rings. The molecule has 110 valence electrons. The van der Waals surface area contributed by atoms with Crippen LogP contribution in [0.5, 0.6) is 0 Å². The fraction of sp³-hybridized carbons (Fsp3) is 0.562. The highest BCUT2D eigenvalue weighted by molar-refractivity contribution is 5.93. The number of nitrogens with one attached hydrogen (secondary N) is 1. The summed E-state index contributed by atoms with van der Waals surface area (Å²) in [4.78, 5) is 14.6. The molecule has 0 bridgehead atoms. The van der Waals surface area contributed by atoms with Gasteiger partial charge in [-0.2, -0.15) is 0 Å². The molecule has 1 aliphatic heterocycles. The first-order valence-electron chi connectivity index (χ1n) is 7.29. The zero-order chi connectivity index (χ0) is 14.5. The minimum Gasteiger partial charge on any atom is -0.377 e. The summed E-state index contributed by atoms with van der Waals surface area (Å²) in [6.45, 7) is 6.36. The first-order chi connectivity index (χ1) is 9.61. The van der Waals surface area contributed by atoms with Gasteiger partial charge in [-0.15, -0.1) is 0 Å². The Morgan fingerprint density at radius 3 is 2.95 bits per heavy atom. The number of benzene rings is 1. The van der Waals surface area contributed by atoms with Gasteiger partial charge in [-0.05, 0) is 51.6 Å². The molecule has 4 heteroatoms. The first-order valence-corrected chi connectivity index (χ1v) is 7.29. The lowest BCUT2D eigenvalue weighted by Gasteiger charge is -2.20. The van der Waals surface area contributed by atoms with E-state index in [1.54, 1.807) is 0 Å². The van der Waals surface area contributed by atoms with Crippen LogP contribution in [0.15, 0.2) is 24.3 Å². The predicted molar refractivity (Wildman–Crippen MR) is 80.6 cm³/mol. The van der Waals surface area contributed by atoms with E-state index in [4.69, 9.17) is 4.74 Å². The van der Waals surface area contributed by atoms with E-state index in [0.717, 1.165) is 24.2 Å². The van der Waals surface area contributed by atoms with Gasteiger partial charge in [0.15, 0.2) is 0 Å². The van der Waals surface area contributed by atoms with Gasteiger partial charge < -0.3 is 15.0 Å². The van der Waals surface area contributed by atoms with Crippen LogP contribution in [0.4, 0.5) is 5.69 Å². The van der Waals surface area contributed by atoms with Gasteiger partial charge in [0.2, 0.25) is 5.91 Å². The van der Waals surface area contributed by atoms with Crippen molar-refractivity contribution in [2.75, 3.05) is 25.5 Å². The molecule has 0 aliphatic carbocycles. The summed E-state index contributed by atoms with van der Waals surface area (Å²) in [6.07, 6.45) is 0.933. The van der Waals surface area contributed by atoms with Crippen molar-refractivity contribution >= 4 is 11.6 Å². The average molecular weight is 276 g/mol. The summed E-state index contributed by atoms with van der Waals surface area (Å²) < 4.78 is 5.39. The highest BCUT2D eigenvalue weighted by Crippen LogP contribution is 2.24. The fourth-order valence-electron chi connectivity index (χ4n) is 2.64. The normalized spacial score (nSPS) is 22.9. The molecule has 0 radical (unpaired) electrons. The third kappa shape index (κ3) is 3.58. The van der Waals surface area contributed by atoms with Gasteiger partial charge in [0.1, 0.15) is 0 Å². The lowest BCUT2D eigenvalue weighted by Crippen LogP contribution is -2.33. The van der Waals surface area contributed by atoms with Crippen molar-refractivity contribution in [3.8, 4) is 0 Å². The number of hydrogen-bond acceptors (Lipinski definition) is 3. The van der Waals surface area contributed by atoms with Crippen molar-refractivity contribution < 1.29 is 9.53 Å². The van der Waals surface area contributed by atoms with Crippen molar-refractivity contribution in [3.63, 3.8) is 0 Å². The molecule has 20 heavy (non-hydrogen) atoms. The van der Waals surface area contributed by atoms with Crippen molar-refractivity contribution in [1.29, 1.82) is 0 Å². The molecule has 1 saturated heterocycles. The van der Waals surface area contributed by atoms with E-state index >= 15 is 0 Å². The SMILES string of the molecule is CCOCc1cccc(NC(=O)[C@@H]2CCN(C)[C@H]2C)c1. The van der Waals surface area contributed by atoms with Crippen molar-refractivity contribution in [1.82, 2.24) is 4.90 Å². The second-order valence-corrected chi connectivity index (χ2v) is 5.44. The first kappa shape index (κ1) is 15.0. The lowest BCUT2D eigenvalue weighted by atomic mass is 10.0. The zero-order valence-corrected chi connectivity index (χ0v) is 12.6. The van der Waals surface area contributed by atoms with Gasteiger partial charge in [-0.1, -0.05) is 12.1 Å². The van der Waals surface area contributed by atoms with Crippen LogP contribution >= 0.6 is 0 Å². The number of hydrogen-bond donors (Lipinski definition) is 1. The van der Waals surface area contributed by atoms with Crippen LogP contribution in [-0.4, -0.2) is 37.0 Å². The summed E-state index contributed by atoms with van der Waals surface area (Å²) in [6, 6.07) is 8.18. The van der Waals surface area contributed by atoms with E-state index in [1.807, 2.05) is 31.2 Å². The number of ether oxygens (including phenoxy) is 1. The minimum atomic E-state index is 0.0792. The molecule has 1 aromatic carbocycles. The molecule has 1 heterocycles. The third-order valence-corrected chi connectivity index (χ3v) is 4.07. The summed E-state index contributed by atoms with van der Waals surface area (Å²) in [5.74, 6) is 0.200. The second kappa shape index (κ2) is 6.86. The summed E-state index contributed by atoms with van der Waals surface area (Å²) >= 11 is 0.